The number of hydrogen-bond acceptors (Lipinski definition) is 1. The second-order valence-electron chi connectivity index (χ2n) is 4.72. The quantitative estimate of drug-likeness (QED) is 0.741. The number of aromatic amines is 1. The van der Waals surface area contributed by atoms with Crippen LogP contribution < -0.4 is 5.56 Å². The highest BCUT2D eigenvalue weighted by Crippen LogP contribution is 2.11. The second kappa shape index (κ2) is 7.36. The van der Waals surface area contributed by atoms with Gasteiger partial charge in [-0.15, -0.1) is 0 Å². The van der Waals surface area contributed by atoms with E-state index in [-0.39, 0.29) is 5.56 Å². The molecule has 0 saturated heterocycles. The first-order chi connectivity index (χ1) is 8.24. The Morgan fingerprint density at radius 3 is 2.29 bits per heavy atom. The summed E-state index contributed by atoms with van der Waals surface area (Å²) in [6.45, 7) is 7.46. The average molecular weight is 238 g/mol. The van der Waals surface area contributed by atoms with Crippen molar-refractivity contribution in [2.75, 3.05) is 0 Å². The molecule has 0 atom stereocenters. The molecular formula is C14H26N2O. The Kier molecular flexibility index (Phi) is 6.09. The van der Waals surface area contributed by atoms with Gasteiger partial charge in [-0.2, -0.15) is 0 Å². The van der Waals surface area contributed by atoms with Crippen molar-refractivity contribution in [2.24, 2.45) is 0 Å². The summed E-state index contributed by atoms with van der Waals surface area (Å²) in [5.74, 6) is 0. The zero-order valence-corrected chi connectivity index (χ0v) is 11.5. The van der Waals surface area contributed by atoms with Crippen LogP contribution in [0.2, 0.25) is 0 Å². The van der Waals surface area contributed by atoms with Crippen molar-refractivity contribution in [2.45, 2.75) is 72.3 Å². The normalized spacial score (nSPS) is 11.0. The molecule has 3 heteroatoms. The lowest BCUT2D eigenvalue weighted by Crippen LogP contribution is -2.08. The molecule has 17 heavy (non-hydrogen) atoms. The Labute approximate surface area is 104 Å². The van der Waals surface area contributed by atoms with Crippen LogP contribution in [0.15, 0.2) is 4.79 Å². The standard InChI is InChI=1S/C14H26N2O/c1-4-7-10-13-12(9-6-3)14(17)15-16(13)11-8-5-2/h4-11H2,1-3H3,(H,15,17). The molecule has 0 aliphatic rings. The van der Waals surface area contributed by atoms with Gasteiger partial charge in [0, 0.05) is 17.8 Å². The van der Waals surface area contributed by atoms with Crippen LogP contribution in [0.4, 0.5) is 0 Å². The molecule has 0 saturated carbocycles. The van der Waals surface area contributed by atoms with Crippen molar-refractivity contribution in [3.63, 3.8) is 0 Å². The molecule has 98 valence electrons. The third kappa shape index (κ3) is 3.76. The molecule has 0 unspecified atom stereocenters. The summed E-state index contributed by atoms with van der Waals surface area (Å²) in [5, 5.41) is 3.00. The number of aromatic nitrogens is 2. The fourth-order valence-corrected chi connectivity index (χ4v) is 2.20. The molecule has 1 aromatic heterocycles. The van der Waals surface area contributed by atoms with Crippen molar-refractivity contribution in [3.8, 4) is 0 Å². The molecule has 0 fully saturated rings. The number of nitrogens with one attached hydrogen (secondary N) is 1. The van der Waals surface area contributed by atoms with Gasteiger partial charge in [-0.3, -0.25) is 14.6 Å². The first-order valence-electron chi connectivity index (χ1n) is 7.05. The number of H-pyrrole nitrogens is 1. The van der Waals surface area contributed by atoms with Crippen molar-refractivity contribution < 1.29 is 0 Å². The largest absolute Gasteiger partial charge is 0.289 e. The second-order valence-corrected chi connectivity index (χ2v) is 4.72. The average Bonchev–Trinajstić information content (AvgIpc) is 2.61. The van der Waals surface area contributed by atoms with Gasteiger partial charge in [0.1, 0.15) is 0 Å². The van der Waals surface area contributed by atoms with Crippen LogP contribution in [0.25, 0.3) is 0 Å². The third-order valence-electron chi connectivity index (χ3n) is 3.19. The molecule has 1 aromatic rings. The predicted molar refractivity (Wildman–Crippen MR) is 72.6 cm³/mol. The van der Waals surface area contributed by atoms with Gasteiger partial charge in [-0.1, -0.05) is 40.0 Å². The first kappa shape index (κ1) is 14.1. The van der Waals surface area contributed by atoms with Gasteiger partial charge in [0.15, 0.2) is 0 Å². The van der Waals surface area contributed by atoms with Crippen LogP contribution in [-0.2, 0) is 19.4 Å². The highest BCUT2D eigenvalue weighted by molar-refractivity contribution is 5.18. The summed E-state index contributed by atoms with van der Waals surface area (Å²) in [6, 6.07) is 0. The van der Waals surface area contributed by atoms with Crippen LogP contribution in [0, 0.1) is 0 Å². The van der Waals surface area contributed by atoms with Crippen molar-refractivity contribution in [3.05, 3.63) is 21.6 Å². The molecule has 1 N–H and O–H groups in total. The van der Waals surface area contributed by atoms with Gasteiger partial charge in [0.05, 0.1) is 0 Å². The fraction of sp³-hybridized carbons (Fsp3) is 0.786. The molecule has 3 nitrogen and oxygen atoms in total. The lowest BCUT2D eigenvalue weighted by molar-refractivity contribution is 0.538. The summed E-state index contributed by atoms with van der Waals surface area (Å²) >= 11 is 0. The van der Waals surface area contributed by atoms with E-state index in [0.29, 0.717) is 0 Å². The van der Waals surface area contributed by atoms with E-state index in [1.807, 2.05) is 0 Å². The van der Waals surface area contributed by atoms with Gasteiger partial charge in [-0.05, 0) is 25.7 Å². The highest BCUT2D eigenvalue weighted by Gasteiger charge is 2.12. The molecule has 0 amide bonds. The van der Waals surface area contributed by atoms with Crippen molar-refractivity contribution >= 4 is 0 Å². The Morgan fingerprint density at radius 1 is 1.00 bits per heavy atom. The smallest absolute Gasteiger partial charge is 0.267 e. The maximum Gasteiger partial charge on any atom is 0.267 e. The molecule has 1 heterocycles. The SMILES string of the molecule is CCCCc1c(CCC)c(=O)[nH]n1CCCC. The molecule has 0 spiro atoms. The monoisotopic (exact) mass is 238 g/mol. The van der Waals surface area contributed by atoms with Gasteiger partial charge >= 0.3 is 0 Å². The van der Waals surface area contributed by atoms with E-state index in [4.69, 9.17) is 0 Å². The van der Waals surface area contributed by atoms with E-state index in [1.54, 1.807) is 0 Å². The van der Waals surface area contributed by atoms with Gasteiger partial charge < -0.3 is 0 Å². The predicted octanol–water partition coefficient (Wildman–Crippen LogP) is 3.27. The van der Waals surface area contributed by atoms with Gasteiger partial charge in [0.2, 0.25) is 0 Å². The maximum absolute atomic E-state index is 11.9. The molecule has 0 radical (unpaired) electrons. The van der Waals surface area contributed by atoms with E-state index >= 15 is 0 Å². The summed E-state index contributed by atoms with van der Waals surface area (Å²) in [4.78, 5) is 11.9. The summed E-state index contributed by atoms with van der Waals surface area (Å²) in [5.41, 5.74) is 2.42. The van der Waals surface area contributed by atoms with E-state index in [2.05, 4.69) is 30.6 Å². The number of nitrogens with zero attached hydrogens (tertiary/aromatic N) is 1. The highest BCUT2D eigenvalue weighted by atomic mass is 16.1. The number of rotatable bonds is 8. The summed E-state index contributed by atoms with van der Waals surface area (Å²) in [7, 11) is 0. The van der Waals surface area contributed by atoms with Crippen LogP contribution in [0.1, 0.15) is 64.1 Å². The lowest BCUT2D eigenvalue weighted by Gasteiger charge is -2.09. The Balaban J connectivity index is 2.93. The minimum Gasteiger partial charge on any atom is -0.289 e. The summed E-state index contributed by atoms with van der Waals surface area (Å²) in [6.07, 6.45) is 7.63. The zero-order chi connectivity index (χ0) is 12.7. The molecule has 0 aliphatic heterocycles. The Bertz CT molecular complexity index is 376. The van der Waals surface area contributed by atoms with E-state index in [1.165, 1.54) is 18.5 Å². The van der Waals surface area contributed by atoms with E-state index in [9.17, 15) is 4.79 Å². The third-order valence-corrected chi connectivity index (χ3v) is 3.19. The topological polar surface area (TPSA) is 37.8 Å². The minimum absolute atomic E-state index is 0.133. The van der Waals surface area contributed by atoms with Crippen LogP contribution in [-0.4, -0.2) is 9.78 Å². The Morgan fingerprint density at radius 2 is 1.71 bits per heavy atom. The molecular weight excluding hydrogens is 212 g/mol. The minimum atomic E-state index is 0.133. The van der Waals surface area contributed by atoms with Crippen molar-refractivity contribution in [1.82, 2.24) is 9.78 Å². The van der Waals surface area contributed by atoms with Gasteiger partial charge in [0.25, 0.3) is 5.56 Å². The number of aryl methyl sites for hydroxylation is 1. The zero-order valence-electron chi connectivity index (χ0n) is 11.5. The van der Waals surface area contributed by atoms with Crippen LogP contribution in [0.5, 0.6) is 0 Å². The molecule has 0 aliphatic carbocycles. The lowest BCUT2D eigenvalue weighted by atomic mass is 10.1. The van der Waals surface area contributed by atoms with Crippen LogP contribution in [0.3, 0.4) is 0 Å². The fourth-order valence-electron chi connectivity index (χ4n) is 2.20. The van der Waals surface area contributed by atoms with Crippen molar-refractivity contribution in [1.29, 1.82) is 0 Å². The molecule has 0 bridgehead atoms. The number of hydrogen-bond donors (Lipinski definition) is 1. The molecule has 0 aromatic carbocycles. The number of unbranched alkanes of at least 4 members (excludes halogenated alkanes) is 2. The van der Waals surface area contributed by atoms with E-state index < -0.39 is 0 Å². The van der Waals surface area contributed by atoms with Crippen LogP contribution >= 0.6 is 0 Å². The summed E-state index contributed by atoms with van der Waals surface area (Å²) < 4.78 is 2.09. The Hall–Kier alpha value is -0.990. The first-order valence-corrected chi connectivity index (χ1v) is 7.05. The molecule has 1 rings (SSSR count). The van der Waals surface area contributed by atoms with E-state index in [0.717, 1.165) is 44.2 Å². The van der Waals surface area contributed by atoms with Gasteiger partial charge in [-0.25, -0.2) is 0 Å². The maximum atomic E-state index is 11.9.